The van der Waals surface area contributed by atoms with Crippen LogP contribution in [0.4, 0.5) is 0 Å². The minimum atomic E-state index is -2.51. The van der Waals surface area contributed by atoms with E-state index < -0.39 is 82.3 Å². The molecular formula is C31H36O11. The van der Waals surface area contributed by atoms with Gasteiger partial charge in [-0.05, 0) is 51.3 Å². The van der Waals surface area contributed by atoms with Crippen LogP contribution in [0.1, 0.15) is 64.2 Å². The van der Waals surface area contributed by atoms with Gasteiger partial charge in [-0.25, -0.2) is 9.59 Å². The minimum Gasteiger partial charge on any atom is -0.465 e. The Morgan fingerprint density at radius 1 is 1.10 bits per heavy atom. The molecule has 11 heteroatoms. The Morgan fingerprint density at radius 3 is 2.38 bits per heavy atom. The maximum Gasteiger partial charge on any atom is 0.343 e. The lowest BCUT2D eigenvalue weighted by molar-refractivity contribution is -0.387. The molecule has 6 rings (SSSR count). The van der Waals surface area contributed by atoms with E-state index in [0.717, 1.165) is 0 Å². The van der Waals surface area contributed by atoms with E-state index in [1.165, 1.54) is 13.8 Å². The zero-order valence-corrected chi connectivity index (χ0v) is 24.3. The summed E-state index contributed by atoms with van der Waals surface area (Å²) in [6.45, 7) is 6.82. The van der Waals surface area contributed by atoms with Crippen LogP contribution in [0.15, 0.2) is 41.5 Å². The summed E-state index contributed by atoms with van der Waals surface area (Å²) in [5, 5.41) is 24.9. The van der Waals surface area contributed by atoms with Crippen molar-refractivity contribution >= 4 is 23.9 Å². The normalized spacial score (nSPS) is 40.9. The van der Waals surface area contributed by atoms with Crippen LogP contribution in [0.25, 0.3) is 0 Å². The summed E-state index contributed by atoms with van der Waals surface area (Å²) in [4.78, 5) is 53.0. The number of aliphatic hydroxyl groups is 2. The van der Waals surface area contributed by atoms with Crippen LogP contribution in [-0.2, 0) is 38.1 Å². The fourth-order valence-electron chi connectivity index (χ4n) is 8.92. The van der Waals surface area contributed by atoms with Crippen molar-refractivity contribution in [3.8, 4) is 0 Å². The van der Waals surface area contributed by atoms with Gasteiger partial charge < -0.3 is 33.9 Å². The predicted octanol–water partition coefficient (Wildman–Crippen LogP) is 2.02. The summed E-state index contributed by atoms with van der Waals surface area (Å²) in [5.41, 5.74) is -7.42. The summed E-state index contributed by atoms with van der Waals surface area (Å²) in [6, 6.07) is 8.34. The second-order valence-electron chi connectivity index (χ2n) is 12.8. The van der Waals surface area contributed by atoms with Crippen molar-refractivity contribution in [1.29, 1.82) is 0 Å². The molecule has 2 bridgehead atoms. The Kier molecular flexibility index (Phi) is 6.25. The zero-order valence-electron chi connectivity index (χ0n) is 24.3. The fourth-order valence-corrected chi connectivity index (χ4v) is 8.92. The van der Waals surface area contributed by atoms with Gasteiger partial charge in [0.15, 0.2) is 11.2 Å². The highest BCUT2D eigenvalue weighted by Gasteiger charge is 2.88. The van der Waals surface area contributed by atoms with Gasteiger partial charge in [0.25, 0.3) is 0 Å². The lowest BCUT2D eigenvalue weighted by Gasteiger charge is -2.74. The molecule has 3 aliphatic carbocycles. The van der Waals surface area contributed by atoms with Gasteiger partial charge in [-0.2, -0.15) is 0 Å². The molecule has 2 heterocycles. The van der Waals surface area contributed by atoms with Gasteiger partial charge in [-0.15, -0.1) is 0 Å². The van der Waals surface area contributed by atoms with E-state index in [1.807, 2.05) is 0 Å². The number of hydrogen-bond acceptors (Lipinski definition) is 11. The van der Waals surface area contributed by atoms with Crippen LogP contribution in [-0.4, -0.2) is 82.4 Å². The number of cyclic esters (lactones) is 1. The van der Waals surface area contributed by atoms with E-state index in [-0.39, 0.29) is 18.6 Å². The third-order valence-electron chi connectivity index (χ3n) is 10.6. The Balaban J connectivity index is 1.69. The third kappa shape index (κ3) is 3.32. The number of hydrogen-bond donors (Lipinski definition) is 2. The monoisotopic (exact) mass is 584 g/mol. The number of rotatable bonds is 5. The second-order valence-corrected chi connectivity index (χ2v) is 12.8. The van der Waals surface area contributed by atoms with Crippen molar-refractivity contribution in [1.82, 2.24) is 0 Å². The van der Waals surface area contributed by atoms with E-state index in [4.69, 9.17) is 23.7 Å². The Labute approximate surface area is 243 Å². The highest BCUT2D eigenvalue weighted by atomic mass is 16.6. The van der Waals surface area contributed by atoms with Crippen LogP contribution in [0, 0.1) is 16.7 Å². The molecule has 1 aromatic carbocycles. The first-order valence-corrected chi connectivity index (χ1v) is 14.2. The molecule has 4 fully saturated rings. The molecule has 11 nitrogen and oxygen atoms in total. The molecule has 5 aliphatic rings. The molecule has 0 unspecified atom stereocenters. The maximum atomic E-state index is 14.2. The molecule has 8 atom stereocenters. The minimum absolute atomic E-state index is 0.143. The number of carbonyl (C=O) groups excluding carboxylic acids is 4. The molecule has 0 aromatic heterocycles. The van der Waals surface area contributed by atoms with Gasteiger partial charge in [-0.1, -0.05) is 23.8 Å². The van der Waals surface area contributed by atoms with Gasteiger partial charge in [0.05, 0.1) is 35.0 Å². The van der Waals surface area contributed by atoms with Crippen molar-refractivity contribution in [2.24, 2.45) is 16.7 Å². The molecule has 0 radical (unpaired) electrons. The first-order chi connectivity index (χ1) is 19.7. The van der Waals surface area contributed by atoms with Gasteiger partial charge >= 0.3 is 23.9 Å². The number of benzene rings is 1. The van der Waals surface area contributed by atoms with Crippen molar-refractivity contribution in [2.45, 2.75) is 89.0 Å². The maximum absolute atomic E-state index is 14.2. The highest BCUT2D eigenvalue weighted by Crippen LogP contribution is 2.75. The number of fused-ring (bicyclic) bond motifs is 4. The first kappa shape index (κ1) is 28.8. The molecule has 2 N–H and O–H groups in total. The number of allylic oxidation sites excluding steroid dienone is 1. The molecule has 0 amide bonds. The van der Waals surface area contributed by atoms with Crippen LogP contribution in [0.2, 0.25) is 0 Å². The Morgan fingerprint density at radius 2 is 1.79 bits per heavy atom. The molecule has 2 saturated carbocycles. The third-order valence-corrected chi connectivity index (χ3v) is 10.6. The molecule has 0 spiro atoms. The number of esters is 4. The Bertz CT molecular complexity index is 1400. The van der Waals surface area contributed by atoms with Crippen LogP contribution < -0.4 is 0 Å². The first-order valence-electron chi connectivity index (χ1n) is 14.2. The average Bonchev–Trinajstić information content (AvgIpc) is 3.29. The second kappa shape index (κ2) is 9.11. The lowest BCUT2D eigenvalue weighted by atomic mass is 9.37. The molecule has 42 heavy (non-hydrogen) atoms. The molecule has 2 saturated heterocycles. The van der Waals surface area contributed by atoms with Crippen molar-refractivity contribution < 1.29 is 53.1 Å². The quantitative estimate of drug-likeness (QED) is 0.297. The van der Waals surface area contributed by atoms with Crippen LogP contribution in [0.5, 0.6) is 0 Å². The van der Waals surface area contributed by atoms with E-state index in [9.17, 15) is 29.4 Å². The van der Waals surface area contributed by atoms with Crippen molar-refractivity contribution in [3.05, 3.63) is 47.0 Å². The van der Waals surface area contributed by atoms with Gasteiger partial charge in [-0.3, -0.25) is 9.59 Å². The highest BCUT2D eigenvalue weighted by molar-refractivity contribution is 5.91. The average molecular weight is 585 g/mol. The Hall–Kier alpha value is -3.28. The van der Waals surface area contributed by atoms with E-state index >= 15 is 0 Å². The SMILES string of the molecule is CC(=O)OC[C@@]12[C@H]([C@H](OC(=O)c3ccccc3)[C@]34CCC(C)=C3[C@@]1(O)C(=O)OC4(C)C)[C@]1(OC(C)=O)CO[C@@H]1C[C@@H]2O. The summed E-state index contributed by atoms with van der Waals surface area (Å²) in [7, 11) is 0. The lowest BCUT2D eigenvalue weighted by Crippen LogP contribution is -2.89. The van der Waals surface area contributed by atoms with Crippen molar-refractivity contribution in [2.75, 3.05) is 13.2 Å². The van der Waals surface area contributed by atoms with Crippen LogP contribution in [0.3, 0.4) is 0 Å². The van der Waals surface area contributed by atoms with Gasteiger partial charge in [0.1, 0.15) is 24.4 Å². The number of aliphatic hydroxyl groups excluding tert-OH is 1. The molecule has 2 aliphatic heterocycles. The zero-order chi connectivity index (χ0) is 30.5. The molecular weight excluding hydrogens is 548 g/mol. The standard InChI is InChI=1S/C31H36O11/c1-16-11-12-28-22(16)31(37,26(36)42-27(28,4)5)29(14-38-17(2)32)20(34)13-21-30(15-39-21,41-18(3)33)23(29)24(28)40-25(35)19-9-7-6-8-10-19/h6-10,20-21,23-24,34,37H,11-15H2,1-5H3/t20-,21+,23-,24-,28-,29+,30-,31+/m0/s1. The number of ether oxygens (including phenoxy) is 5. The smallest absolute Gasteiger partial charge is 0.343 e. The largest absolute Gasteiger partial charge is 0.465 e. The summed E-state index contributed by atoms with van der Waals surface area (Å²) in [6.07, 6.45) is -2.95. The van der Waals surface area contributed by atoms with E-state index in [1.54, 1.807) is 51.1 Å². The molecule has 226 valence electrons. The van der Waals surface area contributed by atoms with Gasteiger partial charge in [0.2, 0.25) is 0 Å². The van der Waals surface area contributed by atoms with Crippen LogP contribution >= 0.6 is 0 Å². The van der Waals surface area contributed by atoms with Crippen molar-refractivity contribution in [3.63, 3.8) is 0 Å². The summed E-state index contributed by atoms with van der Waals surface area (Å²) < 4.78 is 29.9. The van der Waals surface area contributed by atoms with E-state index in [0.29, 0.717) is 24.0 Å². The predicted molar refractivity (Wildman–Crippen MR) is 143 cm³/mol. The van der Waals surface area contributed by atoms with Gasteiger partial charge in [0, 0.05) is 20.3 Å². The topological polar surface area (TPSA) is 155 Å². The number of carbonyl (C=O) groups is 4. The summed E-state index contributed by atoms with van der Waals surface area (Å²) >= 11 is 0. The summed E-state index contributed by atoms with van der Waals surface area (Å²) in [5.74, 6) is -4.32. The van der Waals surface area contributed by atoms with E-state index in [2.05, 4.69) is 0 Å². The molecule has 1 aromatic rings. The fraction of sp³-hybridized carbons (Fsp3) is 0.613.